The Labute approximate surface area is 115 Å². The van der Waals surface area contributed by atoms with Crippen molar-refractivity contribution in [3.63, 3.8) is 0 Å². The molecule has 1 aliphatic carbocycles. The highest BCUT2D eigenvalue weighted by Gasteiger charge is 2.25. The van der Waals surface area contributed by atoms with Crippen molar-refractivity contribution in [2.75, 3.05) is 6.54 Å². The van der Waals surface area contributed by atoms with Crippen LogP contribution in [0.25, 0.3) is 0 Å². The van der Waals surface area contributed by atoms with Crippen molar-refractivity contribution in [3.05, 3.63) is 34.2 Å². The van der Waals surface area contributed by atoms with Gasteiger partial charge in [0.25, 0.3) is 11.5 Å². The molecule has 4 nitrogen and oxygen atoms in total. The number of aromatic nitrogens is 1. The summed E-state index contributed by atoms with van der Waals surface area (Å²) in [7, 11) is 1.66. The summed E-state index contributed by atoms with van der Waals surface area (Å²) in [6, 6.07) is 3.03. The van der Waals surface area contributed by atoms with E-state index in [1.54, 1.807) is 19.3 Å². The lowest BCUT2D eigenvalue weighted by Crippen LogP contribution is -2.32. The largest absolute Gasteiger partial charge is 0.352 e. The topological polar surface area (TPSA) is 51.1 Å². The Morgan fingerprint density at radius 2 is 2.33 bits per heavy atom. The molecule has 2 unspecified atom stereocenters. The van der Waals surface area contributed by atoms with E-state index in [-0.39, 0.29) is 11.5 Å². The number of carbonyl (C=O) groups is 1. The lowest BCUT2D eigenvalue weighted by atomic mass is 10.1. The highest BCUT2D eigenvalue weighted by Crippen LogP contribution is 2.30. The molecule has 0 radical (unpaired) electrons. The van der Waals surface area contributed by atoms with Crippen molar-refractivity contribution in [2.24, 2.45) is 13.0 Å². The summed E-state index contributed by atoms with van der Waals surface area (Å²) in [6.45, 7) is 0.671. The third kappa shape index (κ3) is 3.02. The number of aryl methyl sites for hydroxylation is 1. The summed E-state index contributed by atoms with van der Waals surface area (Å²) in [5, 5.41) is 2.90. The Morgan fingerprint density at radius 1 is 1.56 bits per heavy atom. The van der Waals surface area contributed by atoms with Crippen molar-refractivity contribution in [2.45, 2.75) is 24.1 Å². The number of alkyl halides is 1. The minimum Gasteiger partial charge on any atom is -0.352 e. The fourth-order valence-electron chi connectivity index (χ4n) is 2.24. The predicted molar refractivity (Wildman–Crippen MR) is 74.1 cm³/mol. The molecule has 1 aromatic heterocycles. The molecule has 1 aliphatic rings. The second-order valence-electron chi connectivity index (χ2n) is 4.78. The van der Waals surface area contributed by atoms with Crippen LogP contribution in [-0.4, -0.2) is 21.8 Å². The first-order valence-corrected chi connectivity index (χ1v) is 7.08. The van der Waals surface area contributed by atoms with Crippen LogP contribution in [0.15, 0.2) is 23.1 Å². The van der Waals surface area contributed by atoms with Crippen LogP contribution in [0.1, 0.15) is 29.6 Å². The van der Waals surface area contributed by atoms with E-state index in [0.29, 0.717) is 22.9 Å². The van der Waals surface area contributed by atoms with Crippen LogP contribution in [0.3, 0.4) is 0 Å². The molecule has 98 valence electrons. The lowest BCUT2D eigenvalue weighted by Gasteiger charge is -2.14. The second kappa shape index (κ2) is 5.69. The molecular formula is C13H17BrN2O2. The smallest absolute Gasteiger partial charge is 0.251 e. The molecule has 1 saturated carbocycles. The maximum atomic E-state index is 11.9. The number of hydrogen-bond donors (Lipinski definition) is 1. The van der Waals surface area contributed by atoms with E-state index in [0.717, 1.165) is 6.42 Å². The van der Waals surface area contributed by atoms with Crippen LogP contribution < -0.4 is 10.9 Å². The van der Waals surface area contributed by atoms with Gasteiger partial charge in [-0.2, -0.15) is 0 Å². The number of hydrogen-bond acceptors (Lipinski definition) is 2. The van der Waals surface area contributed by atoms with E-state index < -0.39 is 0 Å². The molecular weight excluding hydrogens is 296 g/mol. The average molecular weight is 313 g/mol. The first-order chi connectivity index (χ1) is 8.58. The van der Waals surface area contributed by atoms with E-state index in [1.807, 2.05) is 0 Å². The molecule has 0 saturated heterocycles. The molecule has 0 aromatic carbocycles. The Balaban J connectivity index is 1.95. The van der Waals surface area contributed by atoms with Gasteiger partial charge in [-0.05, 0) is 24.8 Å². The number of nitrogens with one attached hydrogen (secondary N) is 1. The summed E-state index contributed by atoms with van der Waals surface area (Å²) in [4.78, 5) is 23.8. The molecule has 18 heavy (non-hydrogen) atoms. The van der Waals surface area contributed by atoms with Gasteiger partial charge in [-0.3, -0.25) is 9.59 Å². The lowest BCUT2D eigenvalue weighted by molar-refractivity contribution is 0.0947. The molecule has 2 rings (SSSR count). The first kappa shape index (κ1) is 13.3. The van der Waals surface area contributed by atoms with Crippen molar-refractivity contribution in [1.82, 2.24) is 9.88 Å². The highest BCUT2D eigenvalue weighted by molar-refractivity contribution is 9.09. The molecule has 1 amide bonds. The van der Waals surface area contributed by atoms with E-state index in [9.17, 15) is 9.59 Å². The standard InChI is InChI=1S/C13H17BrN2O2/c1-16-6-5-9(7-12(16)17)13(18)15-8-10-3-2-4-11(10)14/h5-7,10-11H,2-4,8H2,1H3,(H,15,18). The molecule has 0 aliphatic heterocycles. The number of amides is 1. The zero-order chi connectivity index (χ0) is 13.1. The average Bonchev–Trinajstić information content (AvgIpc) is 2.75. The van der Waals surface area contributed by atoms with Gasteiger partial charge in [0, 0.05) is 36.2 Å². The Morgan fingerprint density at radius 3 is 2.94 bits per heavy atom. The van der Waals surface area contributed by atoms with Gasteiger partial charge < -0.3 is 9.88 Å². The number of rotatable bonds is 3. The van der Waals surface area contributed by atoms with Gasteiger partial charge in [-0.25, -0.2) is 0 Å². The molecule has 0 spiro atoms. The summed E-state index contributed by atoms with van der Waals surface area (Å²) in [6.07, 6.45) is 5.14. The van der Waals surface area contributed by atoms with Gasteiger partial charge in [0.05, 0.1) is 0 Å². The molecule has 1 fully saturated rings. The van der Waals surface area contributed by atoms with Crippen LogP contribution in [0.4, 0.5) is 0 Å². The third-order valence-electron chi connectivity index (χ3n) is 3.46. The normalized spacial score (nSPS) is 23.0. The Kier molecular flexibility index (Phi) is 4.22. The van der Waals surface area contributed by atoms with E-state index >= 15 is 0 Å². The van der Waals surface area contributed by atoms with Crippen molar-refractivity contribution in [3.8, 4) is 0 Å². The second-order valence-corrected chi connectivity index (χ2v) is 5.96. The van der Waals surface area contributed by atoms with Gasteiger partial charge in [0.2, 0.25) is 0 Å². The van der Waals surface area contributed by atoms with Gasteiger partial charge in [0.15, 0.2) is 0 Å². The third-order valence-corrected chi connectivity index (χ3v) is 4.66. The quantitative estimate of drug-likeness (QED) is 0.863. The Hall–Kier alpha value is -1.10. The van der Waals surface area contributed by atoms with E-state index in [2.05, 4.69) is 21.2 Å². The minimum atomic E-state index is -0.167. The SMILES string of the molecule is Cn1ccc(C(=O)NCC2CCCC2Br)cc1=O. The van der Waals surface area contributed by atoms with Gasteiger partial charge in [-0.1, -0.05) is 22.4 Å². The van der Waals surface area contributed by atoms with Crippen LogP contribution in [0.5, 0.6) is 0 Å². The van der Waals surface area contributed by atoms with E-state index in [4.69, 9.17) is 0 Å². The fraction of sp³-hybridized carbons (Fsp3) is 0.538. The number of halogens is 1. The molecule has 1 aromatic rings. The summed E-state index contributed by atoms with van der Waals surface area (Å²) in [5.74, 6) is 0.333. The van der Waals surface area contributed by atoms with Gasteiger partial charge >= 0.3 is 0 Å². The Bertz CT molecular complexity index is 498. The van der Waals surface area contributed by atoms with Crippen molar-refractivity contribution in [1.29, 1.82) is 0 Å². The summed E-state index contributed by atoms with van der Waals surface area (Å²) >= 11 is 3.63. The molecule has 2 atom stereocenters. The van der Waals surface area contributed by atoms with Crippen molar-refractivity contribution < 1.29 is 4.79 Å². The predicted octanol–water partition coefficient (Wildman–Crippen LogP) is 1.68. The minimum absolute atomic E-state index is 0.165. The van der Waals surface area contributed by atoms with Crippen LogP contribution in [-0.2, 0) is 7.05 Å². The zero-order valence-corrected chi connectivity index (χ0v) is 11.9. The maximum Gasteiger partial charge on any atom is 0.251 e. The monoisotopic (exact) mass is 312 g/mol. The molecule has 1 heterocycles. The first-order valence-electron chi connectivity index (χ1n) is 6.17. The highest BCUT2D eigenvalue weighted by atomic mass is 79.9. The maximum absolute atomic E-state index is 11.9. The van der Waals surface area contributed by atoms with Crippen LogP contribution in [0, 0.1) is 5.92 Å². The van der Waals surface area contributed by atoms with Crippen LogP contribution in [0.2, 0.25) is 0 Å². The summed E-state index contributed by atoms with van der Waals surface area (Å²) < 4.78 is 1.45. The summed E-state index contributed by atoms with van der Waals surface area (Å²) in [5.41, 5.74) is 0.268. The molecule has 1 N–H and O–H groups in total. The van der Waals surface area contributed by atoms with E-state index in [1.165, 1.54) is 23.5 Å². The van der Waals surface area contributed by atoms with Gasteiger partial charge in [0.1, 0.15) is 0 Å². The molecule has 0 bridgehead atoms. The number of nitrogens with zero attached hydrogens (tertiary/aromatic N) is 1. The molecule has 5 heteroatoms. The fourth-order valence-corrected chi connectivity index (χ4v) is 3.01. The number of carbonyl (C=O) groups excluding carboxylic acids is 1. The number of pyridine rings is 1. The van der Waals surface area contributed by atoms with Crippen LogP contribution >= 0.6 is 15.9 Å². The van der Waals surface area contributed by atoms with Crippen molar-refractivity contribution >= 4 is 21.8 Å². The zero-order valence-electron chi connectivity index (χ0n) is 10.4. The van der Waals surface area contributed by atoms with Gasteiger partial charge in [-0.15, -0.1) is 0 Å².